The summed E-state index contributed by atoms with van der Waals surface area (Å²) in [6.45, 7) is 0. The monoisotopic (exact) mass is 353 g/mol. The van der Waals surface area contributed by atoms with E-state index in [1.807, 2.05) is 0 Å². The topological polar surface area (TPSA) is 81.2 Å². The standard InChI is InChI=1S/C11H9Cl2NO4S2/c12-8-1-2-9-10(7-8)14-4-3-11(9)19(15,16)5-6-20(13,17)18/h1-4,7H,5-6H2. The van der Waals surface area contributed by atoms with E-state index >= 15 is 0 Å². The number of pyridine rings is 1. The van der Waals surface area contributed by atoms with Crippen LogP contribution in [0.2, 0.25) is 5.02 Å². The lowest BCUT2D eigenvalue weighted by Crippen LogP contribution is -2.14. The van der Waals surface area contributed by atoms with Crippen LogP contribution in [0.25, 0.3) is 10.9 Å². The molecular weight excluding hydrogens is 345 g/mol. The normalized spacial score (nSPS) is 12.7. The Morgan fingerprint density at radius 2 is 1.75 bits per heavy atom. The van der Waals surface area contributed by atoms with Crippen molar-refractivity contribution in [1.29, 1.82) is 0 Å². The molecule has 5 nitrogen and oxygen atoms in total. The van der Waals surface area contributed by atoms with Gasteiger partial charge in [0.1, 0.15) is 0 Å². The fraction of sp³-hybridized carbons (Fsp3) is 0.182. The molecule has 0 aliphatic heterocycles. The van der Waals surface area contributed by atoms with E-state index in [9.17, 15) is 16.8 Å². The molecule has 20 heavy (non-hydrogen) atoms. The first kappa shape index (κ1) is 15.5. The smallest absolute Gasteiger partial charge is 0.233 e. The van der Waals surface area contributed by atoms with Crippen LogP contribution >= 0.6 is 22.3 Å². The molecule has 2 aromatic rings. The van der Waals surface area contributed by atoms with Gasteiger partial charge < -0.3 is 0 Å². The van der Waals surface area contributed by atoms with Gasteiger partial charge in [0.25, 0.3) is 0 Å². The van der Waals surface area contributed by atoms with Crippen molar-refractivity contribution in [2.45, 2.75) is 4.90 Å². The Balaban J connectivity index is 2.52. The molecule has 0 saturated heterocycles. The Labute approximate surface area is 125 Å². The van der Waals surface area contributed by atoms with Crippen molar-refractivity contribution in [3.8, 4) is 0 Å². The number of benzene rings is 1. The summed E-state index contributed by atoms with van der Waals surface area (Å²) in [5.74, 6) is -1.23. The van der Waals surface area contributed by atoms with Crippen LogP contribution in [0.4, 0.5) is 0 Å². The Morgan fingerprint density at radius 3 is 2.40 bits per heavy atom. The SMILES string of the molecule is O=S(=O)(Cl)CCS(=O)(=O)c1ccnc2cc(Cl)ccc12. The van der Waals surface area contributed by atoms with Crippen molar-refractivity contribution in [2.75, 3.05) is 11.5 Å². The maximum absolute atomic E-state index is 12.2. The summed E-state index contributed by atoms with van der Waals surface area (Å²) in [5.41, 5.74) is 0.423. The van der Waals surface area contributed by atoms with Crippen molar-refractivity contribution < 1.29 is 16.8 Å². The summed E-state index contributed by atoms with van der Waals surface area (Å²) in [6.07, 6.45) is 1.33. The van der Waals surface area contributed by atoms with E-state index < -0.39 is 30.4 Å². The molecule has 0 amide bonds. The van der Waals surface area contributed by atoms with Crippen LogP contribution in [0.3, 0.4) is 0 Å². The molecule has 0 aliphatic rings. The van der Waals surface area contributed by atoms with Gasteiger partial charge in [0.15, 0.2) is 9.84 Å². The molecule has 0 bridgehead atoms. The second kappa shape index (κ2) is 5.48. The molecule has 1 heterocycles. The van der Waals surface area contributed by atoms with E-state index in [0.717, 1.165) is 0 Å². The van der Waals surface area contributed by atoms with E-state index in [1.54, 1.807) is 6.07 Å². The molecule has 9 heteroatoms. The number of fused-ring (bicyclic) bond motifs is 1. The van der Waals surface area contributed by atoms with Crippen LogP contribution in [-0.4, -0.2) is 33.3 Å². The lowest BCUT2D eigenvalue weighted by Gasteiger charge is -2.07. The van der Waals surface area contributed by atoms with Gasteiger partial charge in [-0.15, -0.1) is 0 Å². The first-order valence-corrected chi connectivity index (χ1v) is 9.89. The van der Waals surface area contributed by atoms with Crippen molar-refractivity contribution in [3.05, 3.63) is 35.5 Å². The molecule has 0 fully saturated rings. The molecule has 0 radical (unpaired) electrons. The van der Waals surface area contributed by atoms with Crippen molar-refractivity contribution in [3.63, 3.8) is 0 Å². The summed E-state index contributed by atoms with van der Waals surface area (Å²) < 4.78 is 46.2. The van der Waals surface area contributed by atoms with Crippen LogP contribution < -0.4 is 0 Å². The lowest BCUT2D eigenvalue weighted by atomic mass is 10.2. The molecule has 1 aromatic heterocycles. The zero-order chi connectivity index (χ0) is 15.0. The Morgan fingerprint density at radius 1 is 1.05 bits per heavy atom. The number of nitrogens with zero attached hydrogens (tertiary/aromatic N) is 1. The van der Waals surface area contributed by atoms with Crippen LogP contribution in [0, 0.1) is 0 Å². The van der Waals surface area contributed by atoms with E-state index in [2.05, 4.69) is 4.98 Å². The number of halogens is 2. The van der Waals surface area contributed by atoms with E-state index in [1.165, 1.54) is 24.4 Å². The summed E-state index contributed by atoms with van der Waals surface area (Å²) in [6, 6.07) is 5.94. The van der Waals surface area contributed by atoms with Crippen molar-refractivity contribution in [2.24, 2.45) is 0 Å². The van der Waals surface area contributed by atoms with E-state index in [-0.39, 0.29) is 4.90 Å². The maximum atomic E-state index is 12.2. The van der Waals surface area contributed by atoms with Gasteiger partial charge in [-0.1, -0.05) is 17.7 Å². The molecule has 2 rings (SSSR count). The third-order valence-electron chi connectivity index (χ3n) is 2.60. The Bertz CT molecular complexity index is 863. The average Bonchev–Trinajstić information content (AvgIpc) is 2.34. The van der Waals surface area contributed by atoms with Gasteiger partial charge in [-0.05, 0) is 18.2 Å². The first-order valence-electron chi connectivity index (χ1n) is 5.38. The lowest BCUT2D eigenvalue weighted by molar-refractivity contribution is 0.593. The quantitative estimate of drug-likeness (QED) is 0.787. The Kier molecular flexibility index (Phi) is 4.24. The molecular formula is C11H9Cl2NO4S2. The third kappa shape index (κ3) is 3.60. The van der Waals surface area contributed by atoms with Gasteiger partial charge in [0, 0.05) is 27.3 Å². The van der Waals surface area contributed by atoms with Gasteiger partial charge in [-0.3, -0.25) is 4.98 Å². The number of hydrogen-bond donors (Lipinski definition) is 0. The average molecular weight is 354 g/mol. The fourth-order valence-electron chi connectivity index (χ4n) is 1.69. The minimum absolute atomic E-state index is 0.0134. The molecule has 1 aromatic carbocycles. The summed E-state index contributed by atoms with van der Waals surface area (Å²) in [7, 11) is -2.60. The molecule has 0 atom stereocenters. The Hall–Kier alpha value is -0.890. The van der Waals surface area contributed by atoms with Gasteiger partial charge in [-0.2, -0.15) is 0 Å². The highest BCUT2D eigenvalue weighted by atomic mass is 35.7. The highest BCUT2D eigenvalue weighted by Gasteiger charge is 2.21. The van der Waals surface area contributed by atoms with Crippen molar-refractivity contribution in [1.82, 2.24) is 4.98 Å². The molecule has 0 saturated carbocycles. The van der Waals surface area contributed by atoms with Crippen LogP contribution in [-0.2, 0) is 18.9 Å². The third-order valence-corrected chi connectivity index (χ3v) is 6.01. The van der Waals surface area contributed by atoms with Crippen molar-refractivity contribution >= 4 is 52.1 Å². The highest BCUT2D eigenvalue weighted by Crippen LogP contribution is 2.25. The zero-order valence-electron chi connectivity index (χ0n) is 9.95. The van der Waals surface area contributed by atoms with Gasteiger partial charge >= 0.3 is 0 Å². The number of rotatable bonds is 4. The molecule has 0 N–H and O–H groups in total. The van der Waals surface area contributed by atoms with Crippen LogP contribution in [0.1, 0.15) is 0 Å². The van der Waals surface area contributed by atoms with Crippen LogP contribution in [0.15, 0.2) is 35.4 Å². The largest absolute Gasteiger partial charge is 0.256 e. The minimum Gasteiger partial charge on any atom is -0.256 e. The summed E-state index contributed by atoms with van der Waals surface area (Å²) in [4.78, 5) is 4.05. The molecule has 0 aliphatic carbocycles. The molecule has 0 unspecified atom stereocenters. The summed E-state index contributed by atoms with van der Waals surface area (Å²) in [5, 5.41) is 0.826. The van der Waals surface area contributed by atoms with E-state index in [0.29, 0.717) is 15.9 Å². The molecule has 108 valence electrons. The fourth-order valence-corrected chi connectivity index (χ4v) is 5.09. The zero-order valence-corrected chi connectivity index (χ0v) is 13.1. The highest BCUT2D eigenvalue weighted by molar-refractivity contribution is 8.14. The van der Waals surface area contributed by atoms with Gasteiger partial charge in [0.05, 0.1) is 21.9 Å². The second-order valence-corrected chi connectivity index (χ2v) is 9.44. The van der Waals surface area contributed by atoms with E-state index in [4.69, 9.17) is 22.3 Å². The predicted molar refractivity (Wildman–Crippen MR) is 78.4 cm³/mol. The predicted octanol–water partition coefficient (Wildman–Crippen LogP) is 2.23. The van der Waals surface area contributed by atoms with Gasteiger partial charge in [0.2, 0.25) is 9.05 Å². The maximum Gasteiger partial charge on any atom is 0.233 e. The number of sulfone groups is 1. The first-order chi connectivity index (χ1) is 9.19. The molecule has 0 spiro atoms. The number of aromatic nitrogens is 1. The van der Waals surface area contributed by atoms with Crippen LogP contribution in [0.5, 0.6) is 0 Å². The minimum atomic E-state index is -3.87. The summed E-state index contributed by atoms with van der Waals surface area (Å²) >= 11 is 5.82. The number of hydrogen-bond acceptors (Lipinski definition) is 5. The second-order valence-electron chi connectivity index (χ2n) is 4.03. The van der Waals surface area contributed by atoms with Gasteiger partial charge in [-0.25, -0.2) is 16.8 Å².